The summed E-state index contributed by atoms with van der Waals surface area (Å²) < 4.78 is 243. The average Bonchev–Trinajstić information content (AvgIpc) is 1.58. The van der Waals surface area contributed by atoms with Gasteiger partial charge in [-0.2, -0.15) is 0 Å². The molecule has 39 nitrogen and oxygen atoms in total. The van der Waals surface area contributed by atoms with Crippen molar-refractivity contribution in [2.24, 2.45) is 0 Å². The van der Waals surface area contributed by atoms with Crippen molar-refractivity contribution in [2.45, 2.75) is 125 Å². The van der Waals surface area contributed by atoms with Crippen LogP contribution < -0.4 is 57.2 Å². The number of carbonyl (C=O) groups excluding carboxylic acids is 1. The number of aliphatic hydroxyl groups is 4. The molecule has 9 aliphatic rings. The molecule has 3 aromatic heterocycles. The fraction of sp³-hybridized carbons (Fsp3) is 0.369. The van der Waals surface area contributed by atoms with Crippen LogP contribution in [0.25, 0.3) is 0 Å². The molecular weight excluding hydrogens is 1730 g/mol. The SMILES string of the molecule is O=c1ccn([C@@H]2O[C@](F)(COP3(=O)OCc4cc(Cl)ccc4O3)C[C@H]2O)c(=O)[nH]1.[2H]C([2H])(OP1(=O)OCc2cc(Cl)ccc2O1)[C@]1(F)C[C@@H](O)[C@H](n2ccc(=O)[nH]c2=O)O1.[2H]C([2H])(OP1(=O)OCc2cc(Cl)ccc2O1)[C@]1(F)C[C@@H](O)[C@]([2H])(N2C=CC(=O)NC2=C)O1.[2H][C@@]1(n2ccc(=O)[nH]c2=O)O[C@](F)(COP2(=O)OCc3cc(Cl)ccc3O2)C[C@H]1O. The monoisotopic (exact) mass is 1800 g/mol. The van der Waals surface area contributed by atoms with Crippen LogP contribution in [0.5, 0.6) is 23.0 Å². The van der Waals surface area contributed by atoms with Gasteiger partial charge in [0, 0.05) is 117 Å². The summed E-state index contributed by atoms with van der Waals surface area (Å²) in [6, 6.07) is 20.5. The molecule has 8 N–H and O–H groups in total. The number of carbonyl (C=O) groups is 1. The third kappa shape index (κ3) is 20.3. The van der Waals surface area contributed by atoms with Crippen molar-refractivity contribution < 1.29 is 142 Å². The van der Waals surface area contributed by atoms with Gasteiger partial charge >= 0.3 is 48.4 Å². The third-order valence-electron chi connectivity index (χ3n) is 16.8. The number of H-pyrrole nitrogens is 3. The number of alkyl halides is 4. The van der Waals surface area contributed by atoms with Crippen LogP contribution in [0.3, 0.4) is 0 Å². The highest BCUT2D eigenvalue weighted by atomic mass is 35.5. The van der Waals surface area contributed by atoms with E-state index in [1.165, 1.54) is 60.7 Å². The molecule has 0 aliphatic carbocycles. The van der Waals surface area contributed by atoms with Gasteiger partial charge in [0.05, 0.1) is 34.7 Å². The summed E-state index contributed by atoms with van der Waals surface area (Å²) in [5.41, 5.74) is -3.20. The van der Waals surface area contributed by atoms with Crippen LogP contribution in [0.4, 0.5) is 17.6 Å². The van der Waals surface area contributed by atoms with Crippen LogP contribution in [0.15, 0.2) is 163 Å². The summed E-state index contributed by atoms with van der Waals surface area (Å²) in [6.07, 6.45) is -13.7. The molecule has 0 saturated carbocycles. The third-order valence-corrected chi connectivity index (χ3v) is 22.7. The van der Waals surface area contributed by atoms with Gasteiger partial charge in [-0.25, -0.2) is 50.2 Å². The number of halogens is 8. The highest BCUT2D eigenvalue weighted by Crippen LogP contribution is 2.60. The largest absolute Gasteiger partial charge is 0.530 e. The molecule has 12 heterocycles. The Balaban J connectivity index is 0.000000140. The standard InChI is InChI=1S/C17H17ClFN2O7P.3C16H15ClFN2O8P/c1-10-20-15(23)4-5-21(10)16-13(22)7-17(19,27-16)9-26-29(24)25-8-11-6-12(18)2-3-14(11)28-29;3*17-10-1-2-12-9(5-10)7-25-29(24,28-12)26-8-16(18)6-11(21)14(27-16)20-4-3-13(22)19-15(20)23/h2-6,13,16,22H,1,7-9H2,(H,20,23);3*1-5,11,14,21H,6-8H2,(H,19,22,23)/t13-,16-,17+,29?;3*11-,14-,16+,29?/m1111/s1/i9D2,16D;14D;8D2;. The molecule has 4 unspecified atom stereocenters. The topological polar surface area (TPSA) is 494 Å². The number of phosphoric acid groups is 4. The molecule has 116 heavy (non-hydrogen) atoms. The number of fused-ring (bicyclic) bond motifs is 4. The number of aromatic nitrogens is 6. The number of nitrogens with one attached hydrogen (secondary N) is 4. The summed E-state index contributed by atoms with van der Waals surface area (Å²) in [5.74, 6) is -12.5. The Labute approximate surface area is 675 Å². The summed E-state index contributed by atoms with van der Waals surface area (Å²) >= 11 is 23.4. The fourth-order valence-electron chi connectivity index (χ4n) is 11.5. The zero-order valence-corrected chi connectivity index (χ0v) is 64.8. The lowest BCUT2D eigenvalue weighted by Crippen LogP contribution is -2.45. The zero-order chi connectivity index (χ0) is 88.7. The number of phosphoric ester groups is 4. The highest BCUT2D eigenvalue weighted by molar-refractivity contribution is 7.49. The van der Waals surface area contributed by atoms with Crippen molar-refractivity contribution in [3.05, 3.63) is 239 Å². The van der Waals surface area contributed by atoms with E-state index in [9.17, 15) is 72.2 Å². The van der Waals surface area contributed by atoms with Crippen LogP contribution >= 0.6 is 77.7 Å². The Bertz CT molecular complexity index is 5940. The molecule has 4 saturated heterocycles. The first kappa shape index (κ1) is 77.9. The summed E-state index contributed by atoms with van der Waals surface area (Å²) in [7, 11) is -17.7. The molecule has 51 heteroatoms. The van der Waals surface area contributed by atoms with Crippen LogP contribution in [0.1, 0.15) is 74.8 Å². The number of benzene rings is 4. The number of amides is 1. The van der Waals surface area contributed by atoms with Crippen molar-refractivity contribution in [3.8, 4) is 23.0 Å². The Hall–Kier alpha value is -7.97. The van der Waals surface area contributed by atoms with Gasteiger partial charge in [-0.15, -0.1) is 0 Å². The lowest BCUT2D eigenvalue weighted by molar-refractivity contribution is -0.184. The first-order valence-corrected chi connectivity index (χ1v) is 40.5. The van der Waals surface area contributed by atoms with Gasteiger partial charge in [0.2, 0.25) is 23.4 Å². The maximum atomic E-state index is 15.6. The van der Waals surface area contributed by atoms with Crippen molar-refractivity contribution in [1.82, 2.24) is 38.9 Å². The number of rotatable bonds is 16. The second kappa shape index (κ2) is 34.0. The minimum atomic E-state index is -4.67. The second-order valence-corrected chi connectivity index (χ2v) is 33.4. The maximum Gasteiger partial charge on any atom is 0.530 e. The van der Waals surface area contributed by atoms with Crippen molar-refractivity contribution >= 4 is 83.6 Å². The molecular formula is C65H62Cl4F4N8O31P4. The van der Waals surface area contributed by atoms with Gasteiger partial charge in [-0.3, -0.25) is 84.0 Å². The van der Waals surface area contributed by atoms with E-state index >= 15 is 17.6 Å². The van der Waals surface area contributed by atoms with E-state index in [2.05, 4.69) is 11.9 Å². The predicted molar refractivity (Wildman–Crippen MR) is 387 cm³/mol. The number of aromatic amines is 3. The molecule has 4 aromatic carbocycles. The predicted octanol–water partition coefficient (Wildman–Crippen LogP) is 8.17. The number of ether oxygens (including phenoxy) is 4. The van der Waals surface area contributed by atoms with E-state index < -0.39 is 196 Å². The van der Waals surface area contributed by atoms with Gasteiger partial charge in [-0.1, -0.05) is 53.0 Å². The van der Waals surface area contributed by atoms with Crippen molar-refractivity contribution in [2.75, 3.05) is 26.3 Å². The van der Waals surface area contributed by atoms with E-state index in [0.717, 1.165) is 58.5 Å². The van der Waals surface area contributed by atoms with E-state index in [4.69, 9.17) is 128 Å². The molecule has 0 radical (unpaired) electrons. The average molecular weight is 1800 g/mol. The number of hydrogen-bond donors (Lipinski definition) is 8. The van der Waals surface area contributed by atoms with E-state index in [1.54, 1.807) is 12.1 Å². The molecule has 0 bridgehead atoms. The molecule has 16 atom stereocenters. The first-order valence-electron chi connectivity index (χ1n) is 36.1. The molecule has 1 amide bonds. The molecule has 9 aliphatic heterocycles. The molecule has 4 fully saturated rings. The second-order valence-electron chi connectivity index (χ2n) is 25.4. The van der Waals surface area contributed by atoms with Gasteiger partial charge in [0.15, 0.2) is 24.9 Å². The van der Waals surface area contributed by atoms with Crippen LogP contribution in [-0.2, 0) is 105 Å². The number of hydrogen-bond acceptors (Lipinski definition) is 32. The minimum Gasteiger partial charge on any atom is -0.404 e. The van der Waals surface area contributed by atoms with Gasteiger partial charge in [-0.05, 0) is 72.8 Å². The van der Waals surface area contributed by atoms with Crippen molar-refractivity contribution in [3.63, 3.8) is 0 Å². The summed E-state index contributed by atoms with van der Waals surface area (Å²) in [4.78, 5) is 87.2. The molecule has 0 spiro atoms. The number of aliphatic hydroxyl groups excluding tert-OH is 4. The summed E-state index contributed by atoms with van der Waals surface area (Å²) in [5, 5.41) is 44.7. The Morgan fingerprint density at radius 1 is 0.466 bits per heavy atom. The van der Waals surface area contributed by atoms with Crippen LogP contribution in [0, 0.1) is 0 Å². The lowest BCUT2D eigenvalue weighted by Gasteiger charge is -2.33. The lowest BCUT2D eigenvalue weighted by atomic mass is 10.1. The van der Waals surface area contributed by atoms with Crippen molar-refractivity contribution in [1.29, 1.82) is 0 Å². The van der Waals surface area contributed by atoms with E-state index in [0.29, 0.717) is 51.5 Å². The van der Waals surface area contributed by atoms with Crippen LogP contribution in [0.2, 0.25) is 20.1 Å². The molecule has 624 valence electrons. The smallest absolute Gasteiger partial charge is 0.404 e. The fourth-order valence-corrected chi connectivity index (χ4v) is 17.0. The Kier molecular flexibility index (Phi) is 22.9. The van der Waals surface area contributed by atoms with Gasteiger partial charge < -0.3 is 67.7 Å². The van der Waals surface area contributed by atoms with Gasteiger partial charge in [0.25, 0.3) is 22.6 Å². The van der Waals surface area contributed by atoms with E-state index in [-0.39, 0.29) is 55.2 Å². The van der Waals surface area contributed by atoms with Gasteiger partial charge in [0.1, 0.15) is 79.6 Å². The molecule has 16 rings (SSSR count). The summed E-state index contributed by atoms with van der Waals surface area (Å²) in [6.45, 7) is -6.25. The number of nitrogens with zero attached hydrogens (tertiary/aromatic N) is 4. The maximum absolute atomic E-state index is 15.6. The minimum absolute atomic E-state index is 0.0420. The quantitative estimate of drug-likeness (QED) is 0.0334. The zero-order valence-electron chi connectivity index (χ0n) is 64.2. The molecule has 7 aromatic rings. The Morgan fingerprint density at radius 2 is 0.784 bits per heavy atom. The highest BCUT2D eigenvalue weighted by Gasteiger charge is 2.55. The van der Waals surface area contributed by atoms with E-state index in [1.807, 2.05) is 15.0 Å². The normalized spacial score (nSPS) is 34.2. The van der Waals surface area contributed by atoms with Crippen LogP contribution in [-0.4, -0.2) is 140 Å². The Morgan fingerprint density at radius 3 is 1.17 bits per heavy atom. The first-order chi connectivity index (χ1) is 56.9.